The van der Waals surface area contributed by atoms with E-state index in [0.717, 1.165) is 25.7 Å². The summed E-state index contributed by atoms with van der Waals surface area (Å²) in [5, 5.41) is 5.41. The molecule has 18 heavy (non-hydrogen) atoms. The summed E-state index contributed by atoms with van der Waals surface area (Å²) in [4.78, 5) is 23.3. The first-order valence-electron chi connectivity index (χ1n) is 6.86. The molecule has 4 N–H and O–H groups in total. The average molecular weight is 255 g/mol. The van der Waals surface area contributed by atoms with Gasteiger partial charge in [-0.3, -0.25) is 9.59 Å². The van der Waals surface area contributed by atoms with E-state index in [9.17, 15) is 9.59 Å². The van der Waals surface area contributed by atoms with E-state index in [-0.39, 0.29) is 30.3 Å². The van der Waals surface area contributed by atoms with Crippen LogP contribution in [-0.4, -0.2) is 30.9 Å². The van der Waals surface area contributed by atoms with E-state index in [1.165, 1.54) is 0 Å². The summed E-state index contributed by atoms with van der Waals surface area (Å²) < 4.78 is 0. The zero-order valence-corrected chi connectivity index (χ0v) is 11.4. The van der Waals surface area contributed by atoms with Crippen LogP contribution in [0, 0.1) is 11.8 Å². The van der Waals surface area contributed by atoms with Crippen LogP contribution in [0.1, 0.15) is 39.5 Å². The van der Waals surface area contributed by atoms with Crippen LogP contribution in [0.25, 0.3) is 0 Å². The summed E-state index contributed by atoms with van der Waals surface area (Å²) in [5.74, 6) is 0.0134. The van der Waals surface area contributed by atoms with E-state index in [0.29, 0.717) is 12.5 Å². The topological polar surface area (TPSA) is 84.2 Å². The second-order valence-electron chi connectivity index (χ2n) is 5.16. The number of hydrogen-bond acceptors (Lipinski definition) is 3. The number of carbonyl (C=O) groups excluding carboxylic acids is 2. The highest BCUT2D eigenvalue weighted by Crippen LogP contribution is 2.27. The molecular formula is C13H25N3O2. The van der Waals surface area contributed by atoms with Gasteiger partial charge in [0.2, 0.25) is 11.8 Å². The van der Waals surface area contributed by atoms with Gasteiger partial charge in [-0.15, -0.1) is 0 Å². The van der Waals surface area contributed by atoms with Crippen LogP contribution in [0.4, 0.5) is 0 Å². The molecule has 0 aromatic rings. The first kappa shape index (κ1) is 15.0. The molecule has 0 bridgehead atoms. The predicted molar refractivity (Wildman–Crippen MR) is 70.8 cm³/mol. The minimum atomic E-state index is -0.146. The molecule has 0 aromatic heterocycles. The standard InChI is InChI=1S/C13H25N3O2/c1-3-7-15-11(17)8-16-13(18)10-6-4-5-9(2)12(10)14/h9-10,12H,3-8,14H2,1-2H3,(H,15,17)(H,16,18). The normalized spacial score (nSPS) is 27.6. The van der Waals surface area contributed by atoms with Crippen LogP contribution in [0.3, 0.4) is 0 Å². The van der Waals surface area contributed by atoms with Crippen LogP contribution < -0.4 is 16.4 Å². The van der Waals surface area contributed by atoms with Crippen LogP contribution in [0.2, 0.25) is 0 Å². The third-order valence-corrected chi connectivity index (χ3v) is 3.63. The molecule has 104 valence electrons. The predicted octanol–water partition coefficient (Wildman–Crippen LogP) is 0.392. The maximum Gasteiger partial charge on any atom is 0.239 e. The number of rotatable bonds is 5. The minimum absolute atomic E-state index is 0.0520. The molecule has 1 aliphatic carbocycles. The van der Waals surface area contributed by atoms with Crippen molar-refractivity contribution in [1.29, 1.82) is 0 Å². The highest BCUT2D eigenvalue weighted by atomic mass is 16.2. The summed E-state index contributed by atoms with van der Waals surface area (Å²) in [7, 11) is 0. The van der Waals surface area contributed by atoms with Gasteiger partial charge in [0, 0.05) is 12.6 Å². The molecule has 3 unspecified atom stereocenters. The summed E-state index contributed by atoms with van der Waals surface area (Å²) in [6, 6.07) is -0.0857. The van der Waals surface area contributed by atoms with Gasteiger partial charge in [0.15, 0.2) is 0 Å². The van der Waals surface area contributed by atoms with Crippen LogP contribution >= 0.6 is 0 Å². The van der Waals surface area contributed by atoms with Crippen LogP contribution in [0.15, 0.2) is 0 Å². The molecule has 5 heteroatoms. The Kier molecular flexibility index (Phi) is 6.12. The van der Waals surface area contributed by atoms with E-state index >= 15 is 0 Å². The van der Waals surface area contributed by atoms with Crippen molar-refractivity contribution in [1.82, 2.24) is 10.6 Å². The SMILES string of the molecule is CCCNC(=O)CNC(=O)C1CCCC(C)C1N. The molecule has 1 saturated carbocycles. The van der Waals surface area contributed by atoms with Crippen molar-refractivity contribution >= 4 is 11.8 Å². The fourth-order valence-electron chi connectivity index (χ4n) is 2.37. The Morgan fingerprint density at radius 1 is 1.28 bits per heavy atom. The molecule has 0 spiro atoms. The first-order chi connectivity index (χ1) is 8.56. The van der Waals surface area contributed by atoms with E-state index in [1.54, 1.807) is 0 Å². The summed E-state index contributed by atoms with van der Waals surface area (Å²) in [6.07, 6.45) is 3.84. The molecule has 0 radical (unpaired) electrons. The van der Waals surface area contributed by atoms with Crippen LogP contribution in [0.5, 0.6) is 0 Å². The smallest absolute Gasteiger partial charge is 0.239 e. The Morgan fingerprint density at radius 2 is 2.00 bits per heavy atom. The van der Waals surface area contributed by atoms with Gasteiger partial charge in [0.1, 0.15) is 0 Å². The summed E-state index contributed by atoms with van der Waals surface area (Å²) in [5.41, 5.74) is 6.05. The van der Waals surface area contributed by atoms with Gasteiger partial charge in [-0.2, -0.15) is 0 Å². The molecular weight excluding hydrogens is 230 g/mol. The lowest BCUT2D eigenvalue weighted by Gasteiger charge is -2.32. The van der Waals surface area contributed by atoms with Gasteiger partial charge in [0.05, 0.1) is 12.5 Å². The molecule has 0 aliphatic heterocycles. The molecule has 1 rings (SSSR count). The van der Waals surface area contributed by atoms with Gasteiger partial charge >= 0.3 is 0 Å². The molecule has 3 atom stereocenters. The minimum Gasteiger partial charge on any atom is -0.355 e. The highest BCUT2D eigenvalue weighted by molar-refractivity contribution is 5.86. The van der Waals surface area contributed by atoms with Crippen molar-refractivity contribution < 1.29 is 9.59 Å². The first-order valence-corrected chi connectivity index (χ1v) is 6.86. The van der Waals surface area contributed by atoms with Crippen molar-refractivity contribution in [3.63, 3.8) is 0 Å². The summed E-state index contributed by atoms with van der Waals surface area (Å²) in [6.45, 7) is 4.77. The maximum atomic E-state index is 12.0. The van der Waals surface area contributed by atoms with Gasteiger partial charge in [0.25, 0.3) is 0 Å². The largest absolute Gasteiger partial charge is 0.355 e. The monoisotopic (exact) mass is 255 g/mol. The third kappa shape index (κ3) is 4.29. The number of hydrogen-bond donors (Lipinski definition) is 3. The molecule has 0 aromatic carbocycles. The maximum absolute atomic E-state index is 12.0. The second kappa shape index (κ2) is 7.36. The Bertz CT molecular complexity index is 294. The molecule has 5 nitrogen and oxygen atoms in total. The number of amides is 2. The fourth-order valence-corrected chi connectivity index (χ4v) is 2.37. The summed E-state index contributed by atoms with van der Waals surface area (Å²) >= 11 is 0. The van der Waals surface area contributed by atoms with Crippen molar-refractivity contribution in [2.45, 2.75) is 45.6 Å². The van der Waals surface area contributed by atoms with Gasteiger partial charge in [-0.25, -0.2) is 0 Å². The quantitative estimate of drug-likeness (QED) is 0.664. The number of carbonyl (C=O) groups is 2. The average Bonchev–Trinajstić information content (AvgIpc) is 2.36. The third-order valence-electron chi connectivity index (χ3n) is 3.63. The molecule has 2 amide bonds. The Hall–Kier alpha value is -1.10. The second-order valence-corrected chi connectivity index (χ2v) is 5.16. The molecule has 1 aliphatic rings. The van der Waals surface area contributed by atoms with E-state index < -0.39 is 0 Å². The lowest BCUT2D eigenvalue weighted by atomic mass is 9.78. The van der Waals surface area contributed by atoms with E-state index in [2.05, 4.69) is 17.6 Å². The number of nitrogens with one attached hydrogen (secondary N) is 2. The van der Waals surface area contributed by atoms with Crippen molar-refractivity contribution in [3.8, 4) is 0 Å². The van der Waals surface area contributed by atoms with Crippen molar-refractivity contribution in [3.05, 3.63) is 0 Å². The lowest BCUT2D eigenvalue weighted by Crippen LogP contribution is -2.49. The zero-order valence-electron chi connectivity index (χ0n) is 11.4. The molecule has 1 fully saturated rings. The Morgan fingerprint density at radius 3 is 2.67 bits per heavy atom. The lowest BCUT2D eigenvalue weighted by molar-refractivity contribution is -0.130. The highest BCUT2D eigenvalue weighted by Gasteiger charge is 2.32. The van der Waals surface area contributed by atoms with Gasteiger partial charge < -0.3 is 16.4 Å². The van der Waals surface area contributed by atoms with Crippen molar-refractivity contribution in [2.75, 3.05) is 13.1 Å². The molecule has 0 heterocycles. The van der Waals surface area contributed by atoms with E-state index in [4.69, 9.17) is 5.73 Å². The van der Waals surface area contributed by atoms with Gasteiger partial charge in [-0.1, -0.05) is 20.3 Å². The number of nitrogens with two attached hydrogens (primary N) is 1. The van der Waals surface area contributed by atoms with Gasteiger partial charge in [-0.05, 0) is 25.2 Å². The molecule has 0 saturated heterocycles. The Balaban J connectivity index is 2.33. The van der Waals surface area contributed by atoms with Crippen molar-refractivity contribution in [2.24, 2.45) is 17.6 Å². The van der Waals surface area contributed by atoms with Crippen LogP contribution in [-0.2, 0) is 9.59 Å². The van der Waals surface area contributed by atoms with E-state index in [1.807, 2.05) is 6.92 Å². The fraction of sp³-hybridized carbons (Fsp3) is 0.846. The Labute approximate surface area is 109 Å². The zero-order chi connectivity index (χ0) is 13.5.